The van der Waals surface area contributed by atoms with Crippen LogP contribution in [-0.4, -0.2) is 38.0 Å². The molecule has 0 aromatic heterocycles. The van der Waals surface area contributed by atoms with E-state index in [2.05, 4.69) is 20.8 Å². The van der Waals surface area contributed by atoms with Gasteiger partial charge in [-0.05, 0) is 39.5 Å². The lowest BCUT2D eigenvalue weighted by molar-refractivity contribution is -0.151. The van der Waals surface area contributed by atoms with Crippen molar-refractivity contribution < 1.29 is 19.0 Å². The number of hydrogen-bond acceptors (Lipinski definition) is 4. The zero-order valence-corrected chi connectivity index (χ0v) is 15.3. The molecule has 4 heteroatoms. The van der Waals surface area contributed by atoms with Crippen molar-refractivity contribution in [1.29, 1.82) is 0 Å². The third kappa shape index (κ3) is 19.4. The number of rotatable bonds is 8. The van der Waals surface area contributed by atoms with E-state index in [1.54, 1.807) is 7.11 Å². The fourth-order valence-electron chi connectivity index (χ4n) is 1.64. The van der Waals surface area contributed by atoms with Gasteiger partial charge in [-0.15, -0.1) is 0 Å². The van der Waals surface area contributed by atoms with Crippen molar-refractivity contribution in [3.8, 4) is 0 Å². The summed E-state index contributed by atoms with van der Waals surface area (Å²) in [7, 11) is 1.77. The van der Waals surface area contributed by atoms with Crippen LogP contribution in [-0.2, 0) is 19.0 Å². The van der Waals surface area contributed by atoms with Crippen molar-refractivity contribution >= 4 is 5.97 Å². The molecule has 128 valence electrons. The average Bonchev–Trinajstić information content (AvgIpc) is 2.35. The van der Waals surface area contributed by atoms with Gasteiger partial charge in [0.1, 0.15) is 5.60 Å². The molecule has 0 heterocycles. The van der Waals surface area contributed by atoms with E-state index in [1.807, 2.05) is 20.8 Å². The Labute approximate surface area is 131 Å². The standard InChI is InChI=1S/C11H24O2.C6H12O2/c1-5-7-13-9-11(12-4)8-10(3)6-2;1-5(7)8-6(2,3)4/h10-11H,5-9H2,1-4H3;1-4H3. The molecule has 0 aliphatic rings. The van der Waals surface area contributed by atoms with E-state index in [0.717, 1.165) is 32.0 Å². The van der Waals surface area contributed by atoms with Gasteiger partial charge in [0.25, 0.3) is 0 Å². The number of carbonyl (C=O) groups excluding carboxylic acids is 1. The van der Waals surface area contributed by atoms with Crippen molar-refractivity contribution in [2.45, 2.75) is 79.4 Å². The maximum atomic E-state index is 10.2. The second-order valence-electron chi connectivity index (χ2n) is 6.39. The van der Waals surface area contributed by atoms with Gasteiger partial charge in [0.05, 0.1) is 12.7 Å². The molecule has 0 aromatic carbocycles. The number of ether oxygens (including phenoxy) is 3. The Balaban J connectivity index is 0. The number of carbonyl (C=O) groups is 1. The molecular weight excluding hydrogens is 268 g/mol. The van der Waals surface area contributed by atoms with Crippen LogP contribution in [0, 0.1) is 5.92 Å². The summed E-state index contributed by atoms with van der Waals surface area (Å²) in [5, 5.41) is 0. The van der Waals surface area contributed by atoms with Crippen molar-refractivity contribution in [2.24, 2.45) is 5.92 Å². The minimum absolute atomic E-state index is 0.225. The van der Waals surface area contributed by atoms with Crippen molar-refractivity contribution in [1.82, 2.24) is 0 Å². The third-order valence-electron chi connectivity index (χ3n) is 2.80. The predicted molar refractivity (Wildman–Crippen MR) is 87.5 cm³/mol. The van der Waals surface area contributed by atoms with Gasteiger partial charge in [0, 0.05) is 20.6 Å². The van der Waals surface area contributed by atoms with Crippen molar-refractivity contribution in [3.63, 3.8) is 0 Å². The molecule has 0 amide bonds. The first-order chi connectivity index (χ1) is 9.66. The highest BCUT2D eigenvalue weighted by molar-refractivity contribution is 5.66. The summed E-state index contributed by atoms with van der Waals surface area (Å²) in [5.41, 5.74) is -0.328. The lowest BCUT2D eigenvalue weighted by atomic mass is 10.0. The smallest absolute Gasteiger partial charge is 0.303 e. The van der Waals surface area contributed by atoms with Crippen LogP contribution in [0.4, 0.5) is 0 Å². The van der Waals surface area contributed by atoms with Gasteiger partial charge in [-0.25, -0.2) is 0 Å². The Morgan fingerprint density at radius 1 is 1.19 bits per heavy atom. The molecule has 0 aliphatic heterocycles. The highest BCUT2D eigenvalue weighted by atomic mass is 16.6. The maximum Gasteiger partial charge on any atom is 0.303 e. The van der Waals surface area contributed by atoms with E-state index in [1.165, 1.54) is 13.3 Å². The molecule has 0 spiro atoms. The molecule has 0 fully saturated rings. The van der Waals surface area contributed by atoms with Crippen molar-refractivity contribution in [2.75, 3.05) is 20.3 Å². The minimum atomic E-state index is -0.328. The molecule has 0 N–H and O–H groups in total. The van der Waals surface area contributed by atoms with Gasteiger partial charge in [-0.3, -0.25) is 4.79 Å². The van der Waals surface area contributed by atoms with E-state index in [4.69, 9.17) is 14.2 Å². The zero-order chi connectivity index (χ0) is 16.9. The van der Waals surface area contributed by atoms with Gasteiger partial charge >= 0.3 is 5.97 Å². The Morgan fingerprint density at radius 2 is 1.76 bits per heavy atom. The molecule has 0 aromatic rings. The first-order valence-electron chi connectivity index (χ1n) is 7.96. The normalized spacial score (nSPS) is 13.9. The van der Waals surface area contributed by atoms with Crippen LogP contribution in [0.2, 0.25) is 0 Å². The van der Waals surface area contributed by atoms with E-state index >= 15 is 0 Å². The molecule has 0 saturated carbocycles. The molecule has 21 heavy (non-hydrogen) atoms. The van der Waals surface area contributed by atoms with Crippen LogP contribution < -0.4 is 0 Å². The number of hydrogen-bond donors (Lipinski definition) is 0. The van der Waals surface area contributed by atoms with Gasteiger partial charge in [-0.2, -0.15) is 0 Å². The second-order valence-corrected chi connectivity index (χ2v) is 6.39. The molecule has 0 bridgehead atoms. The molecule has 2 atom stereocenters. The Kier molecular flexibility index (Phi) is 14.1. The van der Waals surface area contributed by atoms with Crippen LogP contribution in [0.15, 0.2) is 0 Å². The predicted octanol–water partition coefficient (Wildman–Crippen LogP) is 4.21. The van der Waals surface area contributed by atoms with E-state index in [0.29, 0.717) is 0 Å². The quantitative estimate of drug-likeness (QED) is 0.497. The largest absolute Gasteiger partial charge is 0.460 e. The second kappa shape index (κ2) is 13.1. The molecule has 2 unspecified atom stereocenters. The van der Waals surface area contributed by atoms with Crippen molar-refractivity contribution in [3.05, 3.63) is 0 Å². The van der Waals surface area contributed by atoms with Gasteiger partial charge in [0.2, 0.25) is 0 Å². The molecule has 0 aliphatic carbocycles. The maximum absolute atomic E-state index is 10.2. The lowest BCUT2D eigenvalue weighted by Crippen LogP contribution is -2.21. The summed E-state index contributed by atoms with van der Waals surface area (Å²) >= 11 is 0. The zero-order valence-electron chi connectivity index (χ0n) is 15.3. The Bertz CT molecular complexity index is 246. The van der Waals surface area contributed by atoms with Crippen LogP contribution >= 0.6 is 0 Å². The summed E-state index contributed by atoms with van der Waals surface area (Å²) in [6, 6.07) is 0. The Morgan fingerprint density at radius 3 is 2.05 bits per heavy atom. The fraction of sp³-hybridized carbons (Fsp3) is 0.941. The summed E-state index contributed by atoms with van der Waals surface area (Å²) < 4.78 is 15.6. The third-order valence-corrected chi connectivity index (χ3v) is 2.80. The summed E-state index contributed by atoms with van der Waals surface area (Å²) in [6.07, 6.45) is 3.69. The van der Waals surface area contributed by atoms with Crippen LogP contribution in [0.5, 0.6) is 0 Å². The van der Waals surface area contributed by atoms with Gasteiger partial charge < -0.3 is 14.2 Å². The average molecular weight is 304 g/mol. The molecule has 0 saturated heterocycles. The van der Waals surface area contributed by atoms with E-state index < -0.39 is 0 Å². The van der Waals surface area contributed by atoms with Gasteiger partial charge in [0.15, 0.2) is 0 Å². The summed E-state index contributed by atoms with van der Waals surface area (Å²) in [6.45, 7) is 15.1. The highest BCUT2D eigenvalue weighted by Crippen LogP contribution is 2.12. The summed E-state index contributed by atoms with van der Waals surface area (Å²) in [5.74, 6) is 0.507. The molecular formula is C17H36O4. The highest BCUT2D eigenvalue weighted by Gasteiger charge is 2.12. The molecule has 4 nitrogen and oxygen atoms in total. The molecule has 0 radical (unpaired) electrons. The lowest BCUT2D eigenvalue weighted by Gasteiger charge is -2.18. The van der Waals surface area contributed by atoms with Crippen LogP contribution in [0.1, 0.15) is 67.7 Å². The first kappa shape index (κ1) is 22.7. The van der Waals surface area contributed by atoms with Crippen LogP contribution in [0.3, 0.4) is 0 Å². The summed E-state index contributed by atoms with van der Waals surface area (Å²) in [4.78, 5) is 10.2. The minimum Gasteiger partial charge on any atom is -0.460 e. The van der Waals surface area contributed by atoms with E-state index in [-0.39, 0.29) is 17.7 Å². The van der Waals surface area contributed by atoms with Gasteiger partial charge in [-0.1, -0.05) is 27.2 Å². The monoisotopic (exact) mass is 304 g/mol. The first-order valence-corrected chi connectivity index (χ1v) is 7.96. The fourth-order valence-corrected chi connectivity index (χ4v) is 1.64. The van der Waals surface area contributed by atoms with Crippen LogP contribution in [0.25, 0.3) is 0 Å². The number of methoxy groups -OCH3 is 1. The SMILES string of the molecule is CC(=O)OC(C)(C)C.CCCOCC(CC(C)CC)OC. The molecule has 0 rings (SSSR count). The van der Waals surface area contributed by atoms with E-state index in [9.17, 15) is 4.79 Å². The topological polar surface area (TPSA) is 44.8 Å². The number of esters is 1. The Hall–Kier alpha value is -0.610.